The molecule has 2 nitrogen and oxygen atoms in total. The molecule has 1 heterocycles. The summed E-state index contributed by atoms with van der Waals surface area (Å²) in [6.07, 6.45) is 1.39. The Balaban J connectivity index is 2.96. The van der Waals surface area contributed by atoms with Crippen molar-refractivity contribution in [2.45, 2.75) is 26.3 Å². The fourth-order valence-electron chi connectivity index (χ4n) is 0.945. The van der Waals surface area contributed by atoms with Crippen molar-refractivity contribution in [3.05, 3.63) is 18.0 Å². The van der Waals surface area contributed by atoms with Gasteiger partial charge in [0.25, 0.3) is 0 Å². The first kappa shape index (κ1) is 8.17. The van der Waals surface area contributed by atoms with Crippen LogP contribution in [0.2, 0.25) is 0 Å². The quantitative estimate of drug-likeness (QED) is 0.649. The molecule has 0 N–H and O–H groups in total. The van der Waals surface area contributed by atoms with Crippen molar-refractivity contribution in [2.75, 3.05) is 0 Å². The summed E-state index contributed by atoms with van der Waals surface area (Å²) in [4.78, 5) is 0. The minimum absolute atomic E-state index is 0.0894. The maximum absolute atomic E-state index is 12.1. The Morgan fingerprint density at radius 3 is 2.45 bits per heavy atom. The second kappa shape index (κ2) is 2.98. The molecule has 0 saturated heterocycles. The molecule has 0 radical (unpaired) electrons. The summed E-state index contributed by atoms with van der Waals surface area (Å²) < 4.78 is 25.0. The Labute approximate surface area is 63.8 Å². The molecular formula is C7H10F2N2. The van der Waals surface area contributed by atoms with E-state index in [4.69, 9.17) is 0 Å². The summed E-state index contributed by atoms with van der Waals surface area (Å²) in [6.45, 7) is 1.19. The summed E-state index contributed by atoms with van der Waals surface area (Å²) in [7, 11) is 0. The Hall–Kier alpha value is -0.930. The third kappa shape index (κ3) is 1.56. The summed E-state index contributed by atoms with van der Waals surface area (Å²) in [5.74, 6) is 0.0894. The third-order valence-electron chi connectivity index (χ3n) is 1.48. The number of hydrogen-bond acceptors (Lipinski definition) is 1. The van der Waals surface area contributed by atoms with Crippen molar-refractivity contribution in [3.63, 3.8) is 0 Å². The molecule has 0 aromatic carbocycles. The van der Waals surface area contributed by atoms with Gasteiger partial charge in [-0.05, 0) is 12.0 Å². The zero-order valence-electron chi connectivity index (χ0n) is 6.46. The monoisotopic (exact) mass is 160 g/mol. The highest BCUT2D eigenvalue weighted by Crippen LogP contribution is 2.18. The predicted octanol–water partition coefficient (Wildman–Crippen LogP) is 2.40. The molecule has 0 amide bonds. The van der Waals surface area contributed by atoms with E-state index in [1.54, 1.807) is 6.07 Å². The molecule has 11 heavy (non-hydrogen) atoms. The van der Waals surface area contributed by atoms with Crippen molar-refractivity contribution in [1.82, 2.24) is 9.78 Å². The predicted molar refractivity (Wildman–Crippen MR) is 37.6 cm³/mol. The van der Waals surface area contributed by atoms with E-state index < -0.39 is 6.55 Å². The third-order valence-corrected chi connectivity index (χ3v) is 1.48. The summed E-state index contributed by atoms with van der Waals surface area (Å²) in [6, 6.07) is 1.61. The van der Waals surface area contributed by atoms with Gasteiger partial charge in [0.2, 0.25) is 0 Å². The van der Waals surface area contributed by atoms with Crippen LogP contribution in [0, 0.1) is 0 Å². The van der Waals surface area contributed by atoms with E-state index >= 15 is 0 Å². The van der Waals surface area contributed by atoms with Gasteiger partial charge in [-0.15, -0.1) is 0 Å². The minimum atomic E-state index is -2.53. The van der Waals surface area contributed by atoms with E-state index in [2.05, 4.69) is 5.10 Å². The molecule has 62 valence electrons. The van der Waals surface area contributed by atoms with Gasteiger partial charge in [0.1, 0.15) is 0 Å². The van der Waals surface area contributed by atoms with Gasteiger partial charge in [-0.3, -0.25) is 0 Å². The second-order valence-electron chi connectivity index (χ2n) is 2.63. The number of halogens is 2. The minimum Gasteiger partial charge on any atom is -0.208 e. The largest absolute Gasteiger partial charge is 0.333 e. The molecule has 0 bridgehead atoms. The van der Waals surface area contributed by atoms with Crippen LogP contribution >= 0.6 is 0 Å². The first-order valence-corrected chi connectivity index (χ1v) is 3.44. The molecule has 0 spiro atoms. The lowest BCUT2D eigenvalue weighted by molar-refractivity contribution is 0.0527. The van der Waals surface area contributed by atoms with Crippen LogP contribution in [0.5, 0.6) is 0 Å². The molecule has 0 aliphatic carbocycles. The van der Waals surface area contributed by atoms with Gasteiger partial charge < -0.3 is 0 Å². The van der Waals surface area contributed by atoms with Crippen LogP contribution < -0.4 is 0 Å². The molecule has 0 aliphatic heterocycles. The Morgan fingerprint density at radius 2 is 2.09 bits per heavy atom. The SMILES string of the molecule is CC(C)c1ccnn1C(F)F. The van der Waals surface area contributed by atoms with Crippen LogP contribution in [0.1, 0.15) is 32.0 Å². The highest BCUT2D eigenvalue weighted by atomic mass is 19.3. The molecule has 1 aromatic rings. The summed E-state index contributed by atoms with van der Waals surface area (Å²) in [5.41, 5.74) is 0.569. The zero-order chi connectivity index (χ0) is 8.43. The number of rotatable bonds is 2. The van der Waals surface area contributed by atoms with Crippen LogP contribution in [0.25, 0.3) is 0 Å². The normalized spacial score (nSPS) is 11.5. The van der Waals surface area contributed by atoms with Crippen molar-refractivity contribution in [3.8, 4) is 0 Å². The van der Waals surface area contributed by atoms with Gasteiger partial charge in [0.15, 0.2) is 0 Å². The lowest BCUT2D eigenvalue weighted by Crippen LogP contribution is -2.06. The lowest BCUT2D eigenvalue weighted by atomic mass is 10.1. The van der Waals surface area contributed by atoms with Gasteiger partial charge in [-0.25, -0.2) is 4.68 Å². The highest BCUT2D eigenvalue weighted by molar-refractivity contribution is 5.05. The van der Waals surface area contributed by atoms with Gasteiger partial charge in [0, 0.05) is 11.9 Å². The van der Waals surface area contributed by atoms with Crippen LogP contribution in [0.3, 0.4) is 0 Å². The average Bonchev–Trinajstić information content (AvgIpc) is 2.32. The first-order valence-electron chi connectivity index (χ1n) is 3.44. The van der Waals surface area contributed by atoms with E-state index in [-0.39, 0.29) is 5.92 Å². The van der Waals surface area contributed by atoms with Crippen molar-refractivity contribution in [1.29, 1.82) is 0 Å². The Kier molecular flexibility index (Phi) is 2.22. The first-order chi connectivity index (χ1) is 5.13. The van der Waals surface area contributed by atoms with E-state index in [1.165, 1.54) is 6.20 Å². The number of nitrogens with zero attached hydrogens (tertiary/aromatic N) is 2. The molecule has 0 aliphatic rings. The smallest absolute Gasteiger partial charge is 0.208 e. The molecule has 4 heteroatoms. The lowest BCUT2D eigenvalue weighted by Gasteiger charge is -2.07. The Morgan fingerprint density at radius 1 is 1.45 bits per heavy atom. The molecule has 1 aromatic heterocycles. The van der Waals surface area contributed by atoms with Crippen LogP contribution in [0.4, 0.5) is 8.78 Å². The fraction of sp³-hybridized carbons (Fsp3) is 0.571. The summed E-state index contributed by atoms with van der Waals surface area (Å²) in [5, 5.41) is 3.50. The van der Waals surface area contributed by atoms with Crippen molar-refractivity contribution >= 4 is 0 Å². The van der Waals surface area contributed by atoms with Gasteiger partial charge in [0.05, 0.1) is 0 Å². The maximum Gasteiger partial charge on any atom is 0.333 e. The standard InChI is InChI=1S/C7H10F2N2/c1-5(2)6-3-4-10-11(6)7(8)9/h3-5,7H,1-2H3. The van der Waals surface area contributed by atoms with E-state index in [0.29, 0.717) is 5.69 Å². The molecule has 1 rings (SSSR count). The molecule has 0 fully saturated rings. The summed E-state index contributed by atoms with van der Waals surface area (Å²) >= 11 is 0. The molecule has 0 saturated carbocycles. The zero-order valence-corrected chi connectivity index (χ0v) is 6.46. The highest BCUT2D eigenvalue weighted by Gasteiger charge is 2.13. The van der Waals surface area contributed by atoms with Gasteiger partial charge in [-0.1, -0.05) is 13.8 Å². The second-order valence-corrected chi connectivity index (χ2v) is 2.63. The van der Waals surface area contributed by atoms with Crippen molar-refractivity contribution < 1.29 is 8.78 Å². The van der Waals surface area contributed by atoms with Crippen LogP contribution in [-0.2, 0) is 0 Å². The molecule has 0 unspecified atom stereocenters. The fourth-order valence-corrected chi connectivity index (χ4v) is 0.945. The van der Waals surface area contributed by atoms with Crippen molar-refractivity contribution in [2.24, 2.45) is 0 Å². The number of aromatic nitrogens is 2. The molecule has 0 atom stereocenters. The average molecular weight is 160 g/mol. The maximum atomic E-state index is 12.1. The topological polar surface area (TPSA) is 17.8 Å². The van der Waals surface area contributed by atoms with E-state index in [9.17, 15) is 8.78 Å². The molecular weight excluding hydrogens is 150 g/mol. The number of alkyl halides is 2. The van der Waals surface area contributed by atoms with Crippen LogP contribution in [0.15, 0.2) is 12.3 Å². The van der Waals surface area contributed by atoms with Gasteiger partial charge >= 0.3 is 6.55 Å². The van der Waals surface area contributed by atoms with Gasteiger partial charge in [-0.2, -0.15) is 13.9 Å². The number of hydrogen-bond donors (Lipinski definition) is 0. The van der Waals surface area contributed by atoms with E-state index in [0.717, 1.165) is 4.68 Å². The van der Waals surface area contributed by atoms with E-state index in [1.807, 2.05) is 13.8 Å². The van der Waals surface area contributed by atoms with Crippen LogP contribution in [-0.4, -0.2) is 9.78 Å². The Bertz CT molecular complexity index is 208.